The van der Waals surface area contributed by atoms with Gasteiger partial charge in [0.15, 0.2) is 0 Å². The number of aryl methyl sites for hydroxylation is 1. The van der Waals surface area contributed by atoms with Gasteiger partial charge >= 0.3 is 0 Å². The Labute approximate surface area is 129 Å². The maximum Gasteiger partial charge on any atom is 0.228 e. The summed E-state index contributed by atoms with van der Waals surface area (Å²) in [5, 5.41) is 0. The zero-order valence-corrected chi connectivity index (χ0v) is 13.2. The molecule has 2 aromatic heterocycles. The molecular formula is C17H21NO2S. The van der Waals surface area contributed by atoms with Crippen molar-refractivity contribution in [2.24, 2.45) is 0 Å². The molecule has 0 spiro atoms. The van der Waals surface area contributed by atoms with Gasteiger partial charge in [-0.25, -0.2) is 0 Å². The molecule has 1 aliphatic carbocycles. The molecule has 4 heteroatoms. The third kappa shape index (κ3) is 3.56. The lowest BCUT2D eigenvalue weighted by atomic mass is 10.1. The van der Waals surface area contributed by atoms with Crippen LogP contribution >= 0.6 is 11.3 Å². The van der Waals surface area contributed by atoms with E-state index in [1.165, 1.54) is 17.7 Å². The molecule has 3 nitrogen and oxygen atoms in total. The summed E-state index contributed by atoms with van der Waals surface area (Å²) in [5.74, 6) is 1.10. The molecule has 0 saturated heterocycles. The number of thiophene rings is 1. The van der Waals surface area contributed by atoms with Gasteiger partial charge in [-0.3, -0.25) is 4.79 Å². The highest BCUT2D eigenvalue weighted by Gasteiger charge is 2.27. The zero-order valence-electron chi connectivity index (χ0n) is 12.4. The second-order valence-electron chi connectivity index (χ2n) is 5.73. The lowest BCUT2D eigenvalue weighted by molar-refractivity contribution is -0.133. The molecule has 0 aliphatic heterocycles. The van der Waals surface area contributed by atoms with E-state index in [-0.39, 0.29) is 5.91 Å². The lowest BCUT2D eigenvalue weighted by Crippen LogP contribution is -2.39. The van der Waals surface area contributed by atoms with Crippen molar-refractivity contribution in [1.82, 2.24) is 4.90 Å². The van der Waals surface area contributed by atoms with E-state index in [0.717, 1.165) is 23.5 Å². The smallest absolute Gasteiger partial charge is 0.228 e. The maximum absolute atomic E-state index is 12.7. The number of carbonyl (C=O) groups is 1. The molecule has 0 N–H and O–H groups in total. The average Bonchev–Trinajstić information content (AvgIpc) is 3.18. The summed E-state index contributed by atoms with van der Waals surface area (Å²) in [6.45, 7) is 2.68. The van der Waals surface area contributed by atoms with Crippen LogP contribution in [0.3, 0.4) is 0 Å². The minimum Gasteiger partial charge on any atom is -0.467 e. The van der Waals surface area contributed by atoms with E-state index in [1.54, 1.807) is 17.6 Å². The van der Waals surface area contributed by atoms with E-state index in [1.807, 2.05) is 17.0 Å². The minimum absolute atomic E-state index is 0.222. The van der Waals surface area contributed by atoms with Crippen LogP contribution in [0.1, 0.15) is 41.2 Å². The topological polar surface area (TPSA) is 33.5 Å². The van der Waals surface area contributed by atoms with Crippen molar-refractivity contribution in [2.45, 2.75) is 51.6 Å². The molecule has 1 amide bonds. The molecule has 2 aromatic rings. The van der Waals surface area contributed by atoms with Crippen molar-refractivity contribution in [3.63, 3.8) is 0 Å². The van der Waals surface area contributed by atoms with Crippen LogP contribution < -0.4 is 0 Å². The number of nitrogens with zero attached hydrogens (tertiary/aromatic N) is 1. The van der Waals surface area contributed by atoms with Crippen LogP contribution in [0.25, 0.3) is 0 Å². The first-order chi connectivity index (χ1) is 10.2. The Balaban J connectivity index is 1.72. The molecule has 0 aromatic carbocycles. The third-order valence-corrected chi connectivity index (χ3v) is 5.11. The van der Waals surface area contributed by atoms with Gasteiger partial charge in [0.2, 0.25) is 5.91 Å². The van der Waals surface area contributed by atoms with Crippen LogP contribution in [0.4, 0.5) is 0 Å². The van der Waals surface area contributed by atoms with Crippen LogP contribution in [0.15, 0.2) is 34.9 Å². The fourth-order valence-electron chi connectivity index (χ4n) is 3.04. The van der Waals surface area contributed by atoms with Crippen LogP contribution in [0, 0.1) is 6.92 Å². The van der Waals surface area contributed by atoms with Gasteiger partial charge < -0.3 is 9.32 Å². The normalized spacial score (nSPS) is 15.5. The average molecular weight is 303 g/mol. The van der Waals surface area contributed by atoms with E-state index < -0.39 is 0 Å². The van der Waals surface area contributed by atoms with E-state index >= 15 is 0 Å². The highest BCUT2D eigenvalue weighted by Crippen LogP contribution is 2.26. The summed E-state index contributed by atoms with van der Waals surface area (Å²) in [7, 11) is 0. The van der Waals surface area contributed by atoms with E-state index in [0.29, 0.717) is 19.0 Å². The Hall–Kier alpha value is -1.55. The van der Waals surface area contributed by atoms with Crippen molar-refractivity contribution < 1.29 is 9.21 Å². The van der Waals surface area contributed by atoms with Crippen molar-refractivity contribution in [3.05, 3.63) is 46.0 Å². The predicted molar refractivity (Wildman–Crippen MR) is 84.3 cm³/mol. The third-order valence-electron chi connectivity index (χ3n) is 4.11. The number of hydrogen-bond donors (Lipinski definition) is 0. The summed E-state index contributed by atoms with van der Waals surface area (Å²) in [5.41, 5.74) is 0. The Kier molecular flexibility index (Phi) is 4.44. The molecule has 1 fully saturated rings. The Morgan fingerprint density at radius 2 is 2.14 bits per heavy atom. The molecule has 3 rings (SSSR count). The van der Waals surface area contributed by atoms with Crippen molar-refractivity contribution in [2.75, 3.05) is 0 Å². The molecule has 21 heavy (non-hydrogen) atoms. The molecule has 0 unspecified atom stereocenters. The monoisotopic (exact) mass is 303 g/mol. The van der Waals surface area contributed by atoms with Crippen molar-refractivity contribution in [3.8, 4) is 0 Å². The van der Waals surface area contributed by atoms with E-state index in [2.05, 4.69) is 19.1 Å². The summed E-state index contributed by atoms with van der Waals surface area (Å²) < 4.78 is 5.44. The summed E-state index contributed by atoms with van der Waals surface area (Å²) in [4.78, 5) is 17.2. The van der Waals surface area contributed by atoms with Crippen molar-refractivity contribution >= 4 is 17.2 Å². The Morgan fingerprint density at radius 1 is 1.33 bits per heavy atom. The molecule has 0 bridgehead atoms. The van der Waals surface area contributed by atoms with Crippen molar-refractivity contribution in [1.29, 1.82) is 0 Å². The van der Waals surface area contributed by atoms with Crippen LogP contribution in [0.5, 0.6) is 0 Å². The molecule has 0 atom stereocenters. The second-order valence-corrected chi connectivity index (χ2v) is 7.10. The van der Waals surface area contributed by atoms with E-state index in [9.17, 15) is 4.79 Å². The van der Waals surface area contributed by atoms with Gasteiger partial charge in [0.1, 0.15) is 5.76 Å². The molecular weight excluding hydrogens is 282 g/mol. The predicted octanol–water partition coefficient (Wildman–Crippen LogP) is 4.16. The summed E-state index contributed by atoms with van der Waals surface area (Å²) in [6.07, 6.45) is 6.88. The van der Waals surface area contributed by atoms with Crippen LogP contribution in [-0.4, -0.2) is 16.8 Å². The largest absolute Gasteiger partial charge is 0.467 e. The number of carbonyl (C=O) groups excluding carboxylic acids is 1. The number of hydrogen-bond acceptors (Lipinski definition) is 3. The van der Waals surface area contributed by atoms with Gasteiger partial charge in [0.05, 0.1) is 19.2 Å². The highest BCUT2D eigenvalue weighted by atomic mass is 32.1. The first kappa shape index (κ1) is 14.4. The Morgan fingerprint density at radius 3 is 2.76 bits per heavy atom. The molecule has 112 valence electrons. The van der Waals surface area contributed by atoms with Gasteiger partial charge in [-0.2, -0.15) is 0 Å². The van der Waals surface area contributed by atoms with Gasteiger partial charge in [-0.15, -0.1) is 11.3 Å². The SMILES string of the molecule is Cc1ccc(CC(=O)N(Cc2ccco2)C2CCCC2)s1. The molecule has 0 radical (unpaired) electrons. The van der Waals surface area contributed by atoms with Gasteiger partial charge in [0.25, 0.3) is 0 Å². The highest BCUT2D eigenvalue weighted by molar-refractivity contribution is 7.12. The summed E-state index contributed by atoms with van der Waals surface area (Å²) in [6, 6.07) is 8.36. The van der Waals surface area contributed by atoms with Crippen LogP contribution in [0.2, 0.25) is 0 Å². The molecule has 2 heterocycles. The summed E-state index contributed by atoms with van der Waals surface area (Å²) >= 11 is 1.71. The second kappa shape index (κ2) is 6.48. The minimum atomic E-state index is 0.222. The standard InChI is InChI=1S/C17H21NO2S/c1-13-8-9-16(21-13)11-17(19)18(14-5-2-3-6-14)12-15-7-4-10-20-15/h4,7-10,14H,2-3,5-6,11-12H2,1H3. The number of rotatable bonds is 5. The number of furan rings is 1. The van der Waals surface area contributed by atoms with Gasteiger partial charge in [0, 0.05) is 15.8 Å². The number of amides is 1. The zero-order chi connectivity index (χ0) is 14.7. The lowest BCUT2D eigenvalue weighted by Gasteiger charge is -2.28. The van der Waals surface area contributed by atoms with Crippen LogP contribution in [-0.2, 0) is 17.8 Å². The fraction of sp³-hybridized carbons (Fsp3) is 0.471. The quantitative estimate of drug-likeness (QED) is 0.831. The first-order valence-corrected chi connectivity index (χ1v) is 8.41. The Bertz CT molecular complexity index is 582. The molecule has 1 aliphatic rings. The van der Waals surface area contributed by atoms with E-state index in [4.69, 9.17) is 4.42 Å². The van der Waals surface area contributed by atoms with Gasteiger partial charge in [-0.1, -0.05) is 12.8 Å². The molecule has 1 saturated carbocycles. The fourth-order valence-corrected chi connectivity index (χ4v) is 3.92. The first-order valence-electron chi connectivity index (χ1n) is 7.59. The maximum atomic E-state index is 12.7. The van der Waals surface area contributed by atoms with Gasteiger partial charge in [-0.05, 0) is 44.0 Å².